The molecule has 0 spiro atoms. The normalized spacial score (nSPS) is 22.3. The fourth-order valence-corrected chi connectivity index (χ4v) is 3.94. The lowest BCUT2D eigenvalue weighted by atomic mass is 10.1. The number of nitrogens with one attached hydrogen (secondary N) is 1. The van der Waals surface area contributed by atoms with Crippen molar-refractivity contribution in [3.8, 4) is 0 Å². The molecule has 0 aliphatic carbocycles. The van der Waals surface area contributed by atoms with Gasteiger partial charge in [-0.05, 0) is 18.4 Å². The Morgan fingerprint density at radius 2 is 2.05 bits per heavy atom. The van der Waals surface area contributed by atoms with Crippen LogP contribution in [0.2, 0.25) is 0 Å². The van der Waals surface area contributed by atoms with Crippen molar-refractivity contribution in [1.82, 2.24) is 9.79 Å². The summed E-state index contributed by atoms with van der Waals surface area (Å²) in [4.78, 5) is 11.5. The molecule has 1 fully saturated rings. The van der Waals surface area contributed by atoms with E-state index in [4.69, 9.17) is 5.21 Å². The Bertz CT molecular complexity index is 544. The number of carbonyl (C=O) groups is 1. The molecule has 1 aromatic carbocycles. The molecule has 2 N–H and O–H groups in total. The summed E-state index contributed by atoms with van der Waals surface area (Å²) in [6.45, 7) is 0.241. The van der Waals surface area contributed by atoms with Gasteiger partial charge in [0.05, 0.1) is 5.75 Å². The van der Waals surface area contributed by atoms with Crippen molar-refractivity contribution in [1.29, 1.82) is 0 Å². The summed E-state index contributed by atoms with van der Waals surface area (Å²) in [5.41, 5.74) is 2.53. The average Bonchev–Trinajstić information content (AvgIpc) is 2.72. The van der Waals surface area contributed by atoms with Gasteiger partial charge in [-0.1, -0.05) is 30.3 Å². The van der Waals surface area contributed by atoms with Crippen LogP contribution in [0.1, 0.15) is 12.0 Å². The standard InChI is InChI=1S/C12H16N2O4S/c15-12(13-16)11-7-9-19(17,18)14(11)8-6-10-4-2-1-3-5-10/h1-5,11,16H,6-9H2,(H,13,15). The number of hydrogen-bond acceptors (Lipinski definition) is 4. The minimum atomic E-state index is -3.40. The molecule has 1 aliphatic rings. The zero-order chi connectivity index (χ0) is 13.9. The van der Waals surface area contributed by atoms with Gasteiger partial charge in [-0.15, -0.1) is 0 Å². The molecule has 6 nitrogen and oxygen atoms in total. The number of hydroxylamine groups is 1. The third-order valence-corrected chi connectivity index (χ3v) is 5.13. The third-order valence-electron chi connectivity index (χ3n) is 3.23. The maximum Gasteiger partial charge on any atom is 0.261 e. The molecule has 0 saturated carbocycles. The average molecular weight is 284 g/mol. The highest BCUT2D eigenvalue weighted by Gasteiger charge is 2.40. The quantitative estimate of drug-likeness (QED) is 0.608. The van der Waals surface area contributed by atoms with E-state index >= 15 is 0 Å². The van der Waals surface area contributed by atoms with Crippen molar-refractivity contribution in [3.63, 3.8) is 0 Å². The zero-order valence-electron chi connectivity index (χ0n) is 10.3. The maximum absolute atomic E-state index is 11.9. The van der Waals surface area contributed by atoms with Gasteiger partial charge in [0.1, 0.15) is 6.04 Å². The first kappa shape index (κ1) is 14.0. The van der Waals surface area contributed by atoms with Crippen molar-refractivity contribution in [2.45, 2.75) is 18.9 Å². The van der Waals surface area contributed by atoms with Crippen LogP contribution in [0.25, 0.3) is 0 Å². The van der Waals surface area contributed by atoms with Crippen LogP contribution in [0.4, 0.5) is 0 Å². The zero-order valence-corrected chi connectivity index (χ0v) is 11.1. The predicted octanol–water partition coefficient (Wildman–Crippen LogP) is 0.139. The van der Waals surface area contributed by atoms with Gasteiger partial charge < -0.3 is 0 Å². The van der Waals surface area contributed by atoms with Crippen LogP contribution in [-0.4, -0.2) is 42.2 Å². The first-order valence-electron chi connectivity index (χ1n) is 6.02. The molecule has 0 radical (unpaired) electrons. The van der Waals surface area contributed by atoms with E-state index in [-0.39, 0.29) is 18.7 Å². The second-order valence-electron chi connectivity index (χ2n) is 4.44. The molecule has 19 heavy (non-hydrogen) atoms. The molecule has 104 valence electrons. The van der Waals surface area contributed by atoms with Gasteiger partial charge in [-0.2, -0.15) is 4.31 Å². The van der Waals surface area contributed by atoms with Gasteiger partial charge in [-0.25, -0.2) is 13.9 Å². The Labute approximate surface area is 112 Å². The summed E-state index contributed by atoms with van der Waals surface area (Å²) >= 11 is 0. The molecule has 7 heteroatoms. The Morgan fingerprint density at radius 1 is 1.37 bits per heavy atom. The number of carbonyl (C=O) groups excluding carboxylic acids is 1. The molecule has 1 saturated heterocycles. The summed E-state index contributed by atoms with van der Waals surface area (Å²) in [5.74, 6) is -0.728. The van der Waals surface area contributed by atoms with Gasteiger partial charge in [-0.3, -0.25) is 10.0 Å². The molecule has 1 atom stereocenters. The summed E-state index contributed by atoms with van der Waals surface area (Å²) < 4.78 is 24.9. The highest BCUT2D eigenvalue weighted by molar-refractivity contribution is 7.89. The van der Waals surface area contributed by atoms with Crippen LogP contribution >= 0.6 is 0 Å². The summed E-state index contributed by atoms with van der Waals surface area (Å²) in [7, 11) is -3.40. The molecule has 1 amide bonds. The largest absolute Gasteiger partial charge is 0.289 e. The molecular weight excluding hydrogens is 268 g/mol. The van der Waals surface area contributed by atoms with Crippen LogP contribution in [0.15, 0.2) is 30.3 Å². The third kappa shape index (κ3) is 3.12. The van der Waals surface area contributed by atoms with Crippen LogP contribution in [0.5, 0.6) is 0 Å². The van der Waals surface area contributed by atoms with E-state index in [2.05, 4.69) is 0 Å². The van der Waals surface area contributed by atoms with Gasteiger partial charge in [0.15, 0.2) is 0 Å². The van der Waals surface area contributed by atoms with Gasteiger partial charge in [0.2, 0.25) is 10.0 Å². The van der Waals surface area contributed by atoms with Crippen molar-refractivity contribution in [2.75, 3.05) is 12.3 Å². The summed E-state index contributed by atoms with van der Waals surface area (Å²) in [6.07, 6.45) is 0.749. The van der Waals surface area contributed by atoms with Gasteiger partial charge in [0, 0.05) is 6.54 Å². The van der Waals surface area contributed by atoms with Crippen LogP contribution in [0.3, 0.4) is 0 Å². The van der Waals surface area contributed by atoms with E-state index in [0.717, 1.165) is 5.56 Å². The number of hydrogen-bond donors (Lipinski definition) is 2. The minimum Gasteiger partial charge on any atom is -0.289 e. The fraction of sp³-hybridized carbons (Fsp3) is 0.417. The molecule has 0 bridgehead atoms. The van der Waals surface area contributed by atoms with E-state index in [1.165, 1.54) is 9.79 Å². The second-order valence-corrected chi connectivity index (χ2v) is 6.48. The lowest BCUT2D eigenvalue weighted by Crippen LogP contribution is -2.44. The number of amides is 1. The monoisotopic (exact) mass is 284 g/mol. The highest BCUT2D eigenvalue weighted by Crippen LogP contribution is 2.21. The SMILES string of the molecule is O=C(NO)C1CCS(=O)(=O)N1CCc1ccccc1. The van der Waals surface area contributed by atoms with E-state index in [9.17, 15) is 13.2 Å². The minimum absolute atomic E-state index is 0.0557. The van der Waals surface area contributed by atoms with Crippen molar-refractivity contribution < 1.29 is 18.4 Å². The summed E-state index contributed by atoms with van der Waals surface area (Å²) in [5, 5.41) is 8.65. The number of benzene rings is 1. The van der Waals surface area contributed by atoms with Crippen LogP contribution in [0, 0.1) is 0 Å². The Balaban J connectivity index is 2.09. The smallest absolute Gasteiger partial charge is 0.261 e. The fourth-order valence-electron chi connectivity index (χ4n) is 2.23. The Hall–Kier alpha value is -1.44. The Morgan fingerprint density at radius 3 is 2.68 bits per heavy atom. The molecule has 1 unspecified atom stereocenters. The van der Waals surface area contributed by atoms with E-state index in [1.54, 1.807) is 0 Å². The summed E-state index contributed by atoms with van der Waals surface area (Å²) in [6, 6.07) is 8.65. The van der Waals surface area contributed by atoms with Crippen molar-refractivity contribution in [3.05, 3.63) is 35.9 Å². The molecule has 1 heterocycles. The number of nitrogens with zero attached hydrogens (tertiary/aromatic N) is 1. The van der Waals surface area contributed by atoms with E-state index in [0.29, 0.717) is 6.42 Å². The van der Waals surface area contributed by atoms with Gasteiger partial charge >= 0.3 is 0 Å². The Kier molecular flexibility index (Phi) is 4.18. The van der Waals surface area contributed by atoms with Crippen LogP contribution in [-0.2, 0) is 21.2 Å². The number of rotatable bonds is 4. The van der Waals surface area contributed by atoms with Crippen LogP contribution < -0.4 is 5.48 Å². The topological polar surface area (TPSA) is 86.7 Å². The first-order valence-corrected chi connectivity index (χ1v) is 7.63. The molecular formula is C12H16N2O4S. The lowest BCUT2D eigenvalue weighted by Gasteiger charge is -2.21. The van der Waals surface area contributed by atoms with Crippen molar-refractivity contribution in [2.24, 2.45) is 0 Å². The van der Waals surface area contributed by atoms with Gasteiger partial charge in [0.25, 0.3) is 5.91 Å². The molecule has 0 aromatic heterocycles. The predicted molar refractivity (Wildman–Crippen MR) is 69.0 cm³/mol. The molecule has 1 aliphatic heterocycles. The highest BCUT2D eigenvalue weighted by atomic mass is 32.2. The van der Waals surface area contributed by atoms with E-state index in [1.807, 2.05) is 30.3 Å². The first-order chi connectivity index (χ1) is 9.04. The lowest BCUT2D eigenvalue weighted by molar-refractivity contribution is -0.132. The molecule has 1 aromatic rings. The molecule has 2 rings (SSSR count). The second kappa shape index (κ2) is 5.68. The van der Waals surface area contributed by atoms with E-state index < -0.39 is 22.0 Å². The van der Waals surface area contributed by atoms with Crippen molar-refractivity contribution >= 4 is 15.9 Å². The maximum atomic E-state index is 11.9. The number of sulfonamides is 1.